The SMILES string of the molecule is CC1(N2c3ccc4c(sc5ccccc54)c3C3C=CC=CC32)N=C(c2ccccc2)C=C(C2C=CC(c3ccccc3)=CC2)N1. The van der Waals surface area contributed by atoms with Crippen LogP contribution in [0.1, 0.15) is 36.0 Å². The zero-order valence-electron chi connectivity index (χ0n) is 25.1. The first-order valence-corrected chi connectivity index (χ1v) is 16.7. The highest BCUT2D eigenvalue weighted by molar-refractivity contribution is 7.26. The van der Waals surface area contributed by atoms with Crippen molar-refractivity contribution in [2.24, 2.45) is 10.9 Å². The molecule has 4 aliphatic rings. The van der Waals surface area contributed by atoms with Crippen molar-refractivity contribution in [3.63, 3.8) is 0 Å². The molecule has 3 nitrogen and oxygen atoms in total. The van der Waals surface area contributed by atoms with Gasteiger partial charge in [0.2, 0.25) is 5.79 Å². The van der Waals surface area contributed by atoms with E-state index in [9.17, 15) is 0 Å². The summed E-state index contributed by atoms with van der Waals surface area (Å²) in [5.74, 6) is -0.201. The van der Waals surface area contributed by atoms with Crippen LogP contribution < -0.4 is 10.2 Å². The molecule has 2 aliphatic carbocycles. The minimum atomic E-state index is -0.694. The number of benzene rings is 4. The van der Waals surface area contributed by atoms with E-state index in [-0.39, 0.29) is 17.9 Å². The predicted molar refractivity (Wildman–Crippen MR) is 191 cm³/mol. The van der Waals surface area contributed by atoms with Crippen LogP contribution in [-0.2, 0) is 0 Å². The van der Waals surface area contributed by atoms with Gasteiger partial charge in [0, 0.05) is 49.0 Å². The highest BCUT2D eigenvalue weighted by Crippen LogP contribution is 2.53. The molecular formula is C41H33N3S. The van der Waals surface area contributed by atoms with Gasteiger partial charge >= 0.3 is 0 Å². The maximum absolute atomic E-state index is 5.55. The van der Waals surface area contributed by atoms with E-state index in [1.54, 1.807) is 0 Å². The number of fused-ring (bicyclic) bond motifs is 7. The maximum atomic E-state index is 5.55. The predicted octanol–water partition coefficient (Wildman–Crippen LogP) is 9.76. The zero-order chi connectivity index (χ0) is 30.0. The third-order valence-corrected chi connectivity index (χ3v) is 10.9. The smallest absolute Gasteiger partial charge is 0.205 e. The molecular weight excluding hydrogens is 567 g/mol. The van der Waals surface area contributed by atoms with Crippen molar-refractivity contribution in [2.75, 3.05) is 4.90 Å². The quantitative estimate of drug-likeness (QED) is 0.223. The van der Waals surface area contributed by atoms with Crippen molar-refractivity contribution in [3.8, 4) is 0 Å². The van der Waals surface area contributed by atoms with Crippen molar-refractivity contribution in [3.05, 3.63) is 168 Å². The average Bonchev–Trinajstić information content (AvgIpc) is 3.65. The van der Waals surface area contributed by atoms with Crippen LogP contribution >= 0.6 is 11.3 Å². The number of rotatable bonds is 4. The van der Waals surface area contributed by atoms with Crippen LogP contribution in [0, 0.1) is 5.92 Å². The molecule has 0 radical (unpaired) electrons. The monoisotopic (exact) mass is 599 g/mol. The fraction of sp³-hybridized carbons (Fsp3) is 0.146. The van der Waals surface area contributed by atoms with E-state index in [4.69, 9.17) is 4.99 Å². The molecule has 3 heterocycles. The fourth-order valence-electron chi connectivity index (χ4n) is 7.64. The second-order valence-electron chi connectivity index (χ2n) is 12.5. The molecule has 0 bridgehead atoms. The van der Waals surface area contributed by atoms with E-state index in [0.717, 1.165) is 17.7 Å². The average molecular weight is 600 g/mol. The number of nitrogens with zero attached hydrogens (tertiary/aromatic N) is 2. The molecule has 0 spiro atoms. The number of allylic oxidation sites excluding steroid dienone is 7. The lowest BCUT2D eigenvalue weighted by molar-refractivity contribution is 0.349. The Morgan fingerprint density at radius 3 is 2.36 bits per heavy atom. The molecule has 0 fully saturated rings. The Bertz CT molecular complexity index is 2150. The van der Waals surface area contributed by atoms with Gasteiger partial charge in [0.05, 0.1) is 11.8 Å². The maximum Gasteiger partial charge on any atom is 0.205 e. The fourth-order valence-corrected chi connectivity index (χ4v) is 8.94. The van der Waals surface area contributed by atoms with Crippen molar-refractivity contribution in [1.29, 1.82) is 0 Å². The molecule has 1 aromatic heterocycles. The van der Waals surface area contributed by atoms with Gasteiger partial charge in [-0.25, -0.2) is 4.99 Å². The topological polar surface area (TPSA) is 27.6 Å². The Labute approximate surface area is 267 Å². The molecule has 2 aliphatic heterocycles. The number of thiophene rings is 1. The van der Waals surface area contributed by atoms with Gasteiger partial charge in [-0.1, -0.05) is 127 Å². The van der Waals surface area contributed by atoms with E-state index >= 15 is 0 Å². The van der Waals surface area contributed by atoms with Crippen LogP contribution in [0.2, 0.25) is 0 Å². The van der Waals surface area contributed by atoms with Crippen LogP contribution in [0.25, 0.3) is 25.7 Å². The number of aliphatic imine (C=N–C) groups is 1. The van der Waals surface area contributed by atoms with Gasteiger partial charge in [0.15, 0.2) is 0 Å². The van der Waals surface area contributed by atoms with E-state index in [2.05, 4.69) is 163 Å². The van der Waals surface area contributed by atoms with Gasteiger partial charge in [-0.3, -0.25) is 0 Å². The summed E-state index contributed by atoms with van der Waals surface area (Å²) in [6.07, 6.45) is 19.4. The highest BCUT2D eigenvalue weighted by atomic mass is 32.1. The molecule has 5 aromatic rings. The van der Waals surface area contributed by atoms with Crippen molar-refractivity contribution < 1.29 is 0 Å². The Kier molecular flexibility index (Phi) is 6.07. The molecule has 1 N–H and O–H groups in total. The lowest BCUT2D eigenvalue weighted by Gasteiger charge is -2.46. The standard InChI is InChI=1S/C41H33N3S/c1-41(44-36-18-10-8-17-33(36)39-37(44)25-24-32-31-16-9-11-19-38(31)45-40(32)39)42-34(29-14-6-3-7-15-29)26-35(43-41)30-22-20-28(21-23-30)27-12-4-2-5-13-27/h2-22,24-26,30,33,36,43H,23H2,1H3. The number of nitrogens with one attached hydrogen (secondary N) is 1. The van der Waals surface area contributed by atoms with Crippen LogP contribution in [0.4, 0.5) is 5.69 Å². The molecule has 0 saturated heterocycles. The van der Waals surface area contributed by atoms with E-state index < -0.39 is 5.79 Å². The summed E-state index contributed by atoms with van der Waals surface area (Å²) >= 11 is 1.92. The van der Waals surface area contributed by atoms with Crippen LogP contribution in [0.15, 0.2) is 156 Å². The summed E-state index contributed by atoms with van der Waals surface area (Å²) in [5.41, 5.74) is 8.58. The third kappa shape index (κ3) is 4.27. The summed E-state index contributed by atoms with van der Waals surface area (Å²) in [6, 6.07) is 34.9. The highest BCUT2D eigenvalue weighted by Gasteiger charge is 2.48. The number of hydrogen-bond donors (Lipinski definition) is 1. The second kappa shape index (κ2) is 10.3. The van der Waals surface area contributed by atoms with Gasteiger partial charge in [-0.15, -0.1) is 11.3 Å². The molecule has 4 aromatic carbocycles. The molecule has 0 amide bonds. The van der Waals surface area contributed by atoms with Crippen molar-refractivity contribution in [2.45, 2.75) is 31.1 Å². The molecule has 4 atom stereocenters. The molecule has 0 saturated carbocycles. The first-order chi connectivity index (χ1) is 22.2. The Morgan fingerprint density at radius 1 is 0.800 bits per heavy atom. The van der Waals surface area contributed by atoms with E-state index in [1.807, 2.05) is 11.3 Å². The lowest BCUT2D eigenvalue weighted by atomic mass is 9.88. The van der Waals surface area contributed by atoms with Crippen LogP contribution in [0.3, 0.4) is 0 Å². The third-order valence-electron chi connectivity index (χ3n) is 9.72. The van der Waals surface area contributed by atoms with E-state index in [0.29, 0.717) is 0 Å². The van der Waals surface area contributed by atoms with Crippen molar-refractivity contribution in [1.82, 2.24) is 5.32 Å². The van der Waals surface area contributed by atoms with E-state index in [1.165, 1.54) is 48.3 Å². The summed E-state index contributed by atoms with van der Waals surface area (Å²) in [7, 11) is 0. The van der Waals surface area contributed by atoms with Gasteiger partial charge in [0.25, 0.3) is 0 Å². The first-order valence-electron chi connectivity index (χ1n) is 15.8. The normalized spacial score (nSPS) is 25.0. The summed E-state index contributed by atoms with van der Waals surface area (Å²) in [5, 5.41) is 6.70. The lowest BCUT2D eigenvalue weighted by Crippen LogP contribution is -2.60. The molecule has 45 heavy (non-hydrogen) atoms. The first kappa shape index (κ1) is 26.5. The summed E-state index contributed by atoms with van der Waals surface area (Å²) in [6.45, 7) is 2.26. The Balaban J connectivity index is 1.16. The molecule has 9 rings (SSSR count). The minimum Gasteiger partial charge on any atom is -0.347 e. The summed E-state index contributed by atoms with van der Waals surface area (Å²) < 4.78 is 2.73. The summed E-state index contributed by atoms with van der Waals surface area (Å²) in [4.78, 5) is 8.09. The zero-order valence-corrected chi connectivity index (χ0v) is 25.9. The van der Waals surface area contributed by atoms with Gasteiger partial charge in [0.1, 0.15) is 0 Å². The second-order valence-corrected chi connectivity index (χ2v) is 13.5. The number of hydrogen-bond acceptors (Lipinski definition) is 4. The van der Waals surface area contributed by atoms with Crippen molar-refractivity contribution >= 4 is 48.5 Å². The Hall–Kier alpha value is -4.93. The van der Waals surface area contributed by atoms with Gasteiger partial charge in [-0.05, 0) is 48.3 Å². The largest absolute Gasteiger partial charge is 0.347 e. The van der Waals surface area contributed by atoms with Crippen LogP contribution in [-0.4, -0.2) is 17.5 Å². The molecule has 218 valence electrons. The molecule has 4 unspecified atom stereocenters. The number of anilines is 1. The Morgan fingerprint density at radius 2 is 1.56 bits per heavy atom. The van der Waals surface area contributed by atoms with Crippen LogP contribution in [0.5, 0.6) is 0 Å². The molecule has 4 heteroatoms. The van der Waals surface area contributed by atoms with Gasteiger partial charge < -0.3 is 10.2 Å². The minimum absolute atomic E-state index is 0.157. The van der Waals surface area contributed by atoms with Gasteiger partial charge in [-0.2, -0.15) is 0 Å².